The fraction of sp³-hybridized carbons (Fsp3) is 0.200. The van der Waals surface area contributed by atoms with E-state index < -0.39 is 11.7 Å². The van der Waals surface area contributed by atoms with Crippen LogP contribution in [-0.2, 0) is 6.18 Å². The van der Waals surface area contributed by atoms with Crippen LogP contribution in [0.5, 0.6) is 0 Å². The Bertz CT molecular complexity index is 522. The van der Waals surface area contributed by atoms with Crippen molar-refractivity contribution >= 4 is 16.7 Å². The molecule has 2 heterocycles. The summed E-state index contributed by atoms with van der Waals surface area (Å²) in [5.41, 5.74) is -0.295. The van der Waals surface area contributed by atoms with Gasteiger partial charge in [-0.25, -0.2) is 4.98 Å². The minimum absolute atomic E-state index is 0.361. The van der Waals surface area contributed by atoms with Gasteiger partial charge in [-0.2, -0.15) is 13.2 Å². The van der Waals surface area contributed by atoms with Crippen molar-refractivity contribution in [3.8, 4) is 0 Å². The van der Waals surface area contributed by atoms with E-state index in [1.807, 2.05) is 0 Å². The van der Waals surface area contributed by atoms with Crippen molar-refractivity contribution in [2.75, 3.05) is 12.4 Å². The molecule has 0 fully saturated rings. The highest BCUT2D eigenvalue weighted by Crippen LogP contribution is 2.31. The van der Waals surface area contributed by atoms with Crippen LogP contribution in [0.15, 0.2) is 24.5 Å². The van der Waals surface area contributed by atoms with Crippen LogP contribution in [0.1, 0.15) is 5.56 Å². The normalized spacial score (nSPS) is 11.8. The van der Waals surface area contributed by atoms with Gasteiger partial charge in [-0.15, -0.1) is 0 Å². The maximum atomic E-state index is 12.5. The summed E-state index contributed by atoms with van der Waals surface area (Å²) in [6.07, 6.45) is -2.07. The zero-order valence-electron chi connectivity index (χ0n) is 8.34. The van der Waals surface area contributed by atoms with Gasteiger partial charge in [0.1, 0.15) is 5.82 Å². The van der Waals surface area contributed by atoms with E-state index in [0.717, 1.165) is 12.3 Å². The number of aromatic nitrogens is 2. The maximum absolute atomic E-state index is 12.5. The lowest BCUT2D eigenvalue weighted by Gasteiger charge is -2.08. The average molecular weight is 227 g/mol. The van der Waals surface area contributed by atoms with Crippen molar-refractivity contribution in [1.82, 2.24) is 9.97 Å². The summed E-state index contributed by atoms with van der Waals surface area (Å²) in [5.74, 6) is 0.385. The van der Waals surface area contributed by atoms with E-state index in [9.17, 15) is 13.2 Å². The van der Waals surface area contributed by atoms with Crippen LogP contribution in [0.4, 0.5) is 19.0 Å². The molecule has 0 aliphatic carbocycles. The molecule has 0 amide bonds. The molecule has 0 aliphatic heterocycles. The largest absolute Gasteiger partial charge is 0.417 e. The van der Waals surface area contributed by atoms with Gasteiger partial charge < -0.3 is 5.32 Å². The Hall–Kier alpha value is -1.85. The van der Waals surface area contributed by atoms with Crippen LogP contribution in [0.3, 0.4) is 0 Å². The summed E-state index contributed by atoms with van der Waals surface area (Å²) < 4.78 is 37.4. The molecule has 84 valence electrons. The van der Waals surface area contributed by atoms with Gasteiger partial charge in [-0.3, -0.25) is 4.98 Å². The van der Waals surface area contributed by atoms with Crippen LogP contribution < -0.4 is 5.32 Å². The third-order valence-corrected chi connectivity index (χ3v) is 2.17. The molecular formula is C10H8F3N3. The van der Waals surface area contributed by atoms with Crippen molar-refractivity contribution in [3.63, 3.8) is 0 Å². The predicted molar refractivity (Wildman–Crippen MR) is 54.1 cm³/mol. The molecule has 2 rings (SSSR count). The van der Waals surface area contributed by atoms with Crippen LogP contribution in [-0.4, -0.2) is 17.0 Å². The zero-order chi connectivity index (χ0) is 11.8. The first kappa shape index (κ1) is 10.7. The highest BCUT2D eigenvalue weighted by molar-refractivity contribution is 5.89. The summed E-state index contributed by atoms with van der Waals surface area (Å²) in [7, 11) is 1.60. The molecule has 0 saturated heterocycles. The minimum Gasteiger partial charge on any atom is -0.373 e. The molecule has 6 heteroatoms. The third-order valence-electron chi connectivity index (χ3n) is 2.17. The van der Waals surface area contributed by atoms with Crippen molar-refractivity contribution in [2.24, 2.45) is 0 Å². The Morgan fingerprint density at radius 3 is 2.62 bits per heavy atom. The molecular weight excluding hydrogens is 219 g/mol. The highest BCUT2D eigenvalue weighted by Gasteiger charge is 2.31. The molecule has 0 aromatic carbocycles. The minimum atomic E-state index is -4.39. The fourth-order valence-electron chi connectivity index (χ4n) is 1.40. The molecule has 16 heavy (non-hydrogen) atoms. The number of hydrogen-bond acceptors (Lipinski definition) is 3. The highest BCUT2D eigenvalue weighted by atomic mass is 19.4. The zero-order valence-corrected chi connectivity index (χ0v) is 8.34. The van der Waals surface area contributed by atoms with Gasteiger partial charge in [0.05, 0.1) is 11.1 Å². The van der Waals surface area contributed by atoms with Gasteiger partial charge in [-0.1, -0.05) is 0 Å². The number of hydrogen-bond donors (Lipinski definition) is 1. The number of fused-ring (bicyclic) bond motifs is 1. The number of pyridine rings is 2. The molecule has 0 radical (unpaired) electrons. The molecule has 1 N–H and O–H groups in total. The lowest BCUT2D eigenvalue weighted by atomic mass is 10.2. The topological polar surface area (TPSA) is 37.8 Å². The smallest absolute Gasteiger partial charge is 0.373 e. The van der Waals surface area contributed by atoms with E-state index in [4.69, 9.17) is 0 Å². The van der Waals surface area contributed by atoms with E-state index in [-0.39, 0.29) is 0 Å². The second-order valence-electron chi connectivity index (χ2n) is 3.20. The van der Waals surface area contributed by atoms with Crippen LogP contribution in [0.25, 0.3) is 10.9 Å². The average Bonchev–Trinajstić information content (AvgIpc) is 2.26. The van der Waals surface area contributed by atoms with Crippen molar-refractivity contribution in [1.29, 1.82) is 0 Å². The third kappa shape index (κ3) is 1.78. The van der Waals surface area contributed by atoms with E-state index in [0.29, 0.717) is 16.7 Å². The van der Waals surface area contributed by atoms with Crippen LogP contribution in [0, 0.1) is 0 Å². The lowest BCUT2D eigenvalue weighted by Crippen LogP contribution is -2.06. The van der Waals surface area contributed by atoms with Gasteiger partial charge >= 0.3 is 6.18 Å². The monoisotopic (exact) mass is 227 g/mol. The number of halogens is 3. The lowest BCUT2D eigenvalue weighted by molar-refractivity contribution is -0.137. The van der Waals surface area contributed by atoms with Crippen molar-refractivity contribution < 1.29 is 13.2 Å². The van der Waals surface area contributed by atoms with E-state index in [1.54, 1.807) is 13.1 Å². The van der Waals surface area contributed by atoms with Crippen molar-refractivity contribution in [2.45, 2.75) is 6.18 Å². The Kier molecular flexibility index (Phi) is 2.41. The molecule has 0 bridgehead atoms. The van der Waals surface area contributed by atoms with E-state index >= 15 is 0 Å². The van der Waals surface area contributed by atoms with Gasteiger partial charge in [0, 0.05) is 24.8 Å². The first-order valence-electron chi connectivity index (χ1n) is 4.52. The first-order chi connectivity index (χ1) is 7.52. The van der Waals surface area contributed by atoms with Gasteiger partial charge in [-0.05, 0) is 12.1 Å². The van der Waals surface area contributed by atoms with Gasteiger partial charge in [0.25, 0.3) is 0 Å². The molecule has 2 aromatic rings. The van der Waals surface area contributed by atoms with Crippen molar-refractivity contribution in [3.05, 3.63) is 30.1 Å². The Morgan fingerprint density at radius 1 is 1.25 bits per heavy atom. The number of anilines is 1. The Labute approximate surface area is 89.3 Å². The standard InChI is InChI=1S/C10H8F3N3/c1-14-9-7-4-6(10(11,12)13)5-16-8(7)2-3-15-9/h2-5H,1H3,(H,14,15). The summed E-state index contributed by atoms with van der Waals surface area (Å²) in [6, 6.07) is 2.61. The molecule has 3 nitrogen and oxygen atoms in total. The second-order valence-corrected chi connectivity index (χ2v) is 3.20. The summed E-state index contributed by atoms with van der Waals surface area (Å²) in [4.78, 5) is 7.69. The maximum Gasteiger partial charge on any atom is 0.417 e. The molecule has 0 aliphatic rings. The SMILES string of the molecule is CNc1nccc2ncc(C(F)(F)F)cc12. The fourth-order valence-corrected chi connectivity index (χ4v) is 1.40. The summed E-state index contributed by atoms with van der Waals surface area (Å²) >= 11 is 0. The van der Waals surface area contributed by atoms with Crippen LogP contribution >= 0.6 is 0 Å². The number of alkyl halides is 3. The summed E-state index contributed by atoms with van der Waals surface area (Å²) in [5, 5.41) is 3.09. The molecule has 2 aromatic heterocycles. The predicted octanol–water partition coefficient (Wildman–Crippen LogP) is 2.69. The van der Waals surface area contributed by atoms with Gasteiger partial charge in [0.2, 0.25) is 0 Å². The summed E-state index contributed by atoms with van der Waals surface area (Å²) in [6.45, 7) is 0. The van der Waals surface area contributed by atoms with Gasteiger partial charge in [0.15, 0.2) is 0 Å². The number of nitrogens with one attached hydrogen (secondary N) is 1. The molecule has 0 atom stereocenters. The number of nitrogens with zero attached hydrogens (tertiary/aromatic N) is 2. The van der Waals surface area contributed by atoms with E-state index in [2.05, 4.69) is 15.3 Å². The Morgan fingerprint density at radius 2 is 2.00 bits per heavy atom. The number of rotatable bonds is 1. The molecule has 0 saturated carbocycles. The second kappa shape index (κ2) is 3.62. The molecule has 0 unspecified atom stereocenters. The van der Waals surface area contributed by atoms with E-state index in [1.165, 1.54) is 6.20 Å². The van der Waals surface area contributed by atoms with Crippen LogP contribution in [0.2, 0.25) is 0 Å². The quantitative estimate of drug-likeness (QED) is 0.813. The Balaban J connectivity index is 2.68. The molecule has 0 spiro atoms. The first-order valence-corrected chi connectivity index (χ1v) is 4.52.